The number of nitrogens with zero attached hydrogens (tertiary/aromatic N) is 1. The molecule has 0 aliphatic rings. The zero-order chi connectivity index (χ0) is 23.4. The van der Waals surface area contributed by atoms with Crippen molar-refractivity contribution in [1.29, 1.82) is 5.41 Å². The number of amides is 1. The van der Waals surface area contributed by atoms with Gasteiger partial charge in [-0.1, -0.05) is 36.4 Å². The molecule has 0 radical (unpaired) electrons. The fraction of sp³-hybridized carbons (Fsp3) is 0.154. The second kappa shape index (κ2) is 9.48. The molecule has 0 spiro atoms. The Morgan fingerprint density at radius 1 is 1.06 bits per heavy atom. The SMILES string of the molecule is COc1cccc2c1cc(C(=O)NCCc1ccc(O)cc1)n2Cc1cccc(C(=N)N)c1. The Morgan fingerprint density at radius 2 is 1.82 bits per heavy atom. The number of rotatable bonds is 8. The monoisotopic (exact) mass is 442 g/mol. The topological polar surface area (TPSA) is 113 Å². The van der Waals surface area contributed by atoms with Gasteiger partial charge in [0.25, 0.3) is 5.91 Å². The molecule has 4 rings (SSSR count). The largest absolute Gasteiger partial charge is 0.508 e. The summed E-state index contributed by atoms with van der Waals surface area (Å²) in [7, 11) is 1.61. The average Bonchev–Trinajstić information content (AvgIpc) is 3.19. The number of nitrogens with two attached hydrogens (primary N) is 1. The molecular formula is C26H26N4O3. The van der Waals surface area contributed by atoms with Gasteiger partial charge in [-0.15, -0.1) is 0 Å². The number of phenolic OH excluding ortho intramolecular Hbond substituents is 1. The molecule has 4 aromatic rings. The van der Waals surface area contributed by atoms with Crippen molar-refractivity contribution in [2.24, 2.45) is 5.73 Å². The van der Waals surface area contributed by atoms with E-state index in [0.717, 1.165) is 22.0 Å². The van der Waals surface area contributed by atoms with Crippen LogP contribution in [0, 0.1) is 5.41 Å². The highest BCUT2D eigenvalue weighted by Gasteiger charge is 2.18. The van der Waals surface area contributed by atoms with Gasteiger partial charge in [-0.3, -0.25) is 10.2 Å². The third kappa shape index (κ3) is 4.82. The van der Waals surface area contributed by atoms with E-state index in [0.29, 0.717) is 36.5 Å². The lowest BCUT2D eigenvalue weighted by atomic mass is 10.1. The lowest BCUT2D eigenvalue weighted by Crippen LogP contribution is -2.28. The highest BCUT2D eigenvalue weighted by molar-refractivity contribution is 6.00. The van der Waals surface area contributed by atoms with E-state index < -0.39 is 0 Å². The maximum absolute atomic E-state index is 13.2. The summed E-state index contributed by atoms with van der Waals surface area (Å²) in [6.07, 6.45) is 0.649. The van der Waals surface area contributed by atoms with Crippen LogP contribution < -0.4 is 15.8 Å². The summed E-state index contributed by atoms with van der Waals surface area (Å²) in [6, 6.07) is 22.0. The van der Waals surface area contributed by atoms with Gasteiger partial charge >= 0.3 is 0 Å². The van der Waals surface area contributed by atoms with Gasteiger partial charge in [-0.25, -0.2) is 0 Å². The summed E-state index contributed by atoms with van der Waals surface area (Å²) in [6.45, 7) is 0.903. The number of carbonyl (C=O) groups excluding carboxylic acids is 1. The van der Waals surface area contributed by atoms with Crippen molar-refractivity contribution < 1.29 is 14.6 Å². The number of aromatic hydroxyl groups is 1. The smallest absolute Gasteiger partial charge is 0.267 e. The van der Waals surface area contributed by atoms with Gasteiger partial charge < -0.3 is 25.5 Å². The third-order valence-corrected chi connectivity index (χ3v) is 5.57. The maximum Gasteiger partial charge on any atom is 0.267 e. The van der Waals surface area contributed by atoms with Crippen LogP contribution in [0.15, 0.2) is 72.8 Å². The molecule has 0 saturated carbocycles. The van der Waals surface area contributed by atoms with E-state index in [1.54, 1.807) is 25.3 Å². The summed E-state index contributed by atoms with van der Waals surface area (Å²) >= 11 is 0. The highest BCUT2D eigenvalue weighted by atomic mass is 16.5. The average molecular weight is 443 g/mol. The van der Waals surface area contributed by atoms with Crippen molar-refractivity contribution in [3.05, 3.63) is 95.2 Å². The fourth-order valence-electron chi connectivity index (χ4n) is 3.89. The zero-order valence-electron chi connectivity index (χ0n) is 18.3. The summed E-state index contributed by atoms with van der Waals surface area (Å²) in [4.78, 5) is 13.2. The van der Waals surface area contributed by atoms with Gasteiger partial charge in [0.05, 0.1) is 12.6 Å². The van der Waals surface area contributed by atoms with E-state index in [9.17, 15) is 9.90 Å². The van der Waals surface area contributed by atoms with Gasteiger partial charge in [0, 0.05) is 24.0 Å². The standard InChI is InChI=1S/C26H26N4O3/c1-33-24-7-3-6-22-21(24)15-23(26(32)29-13-12-17-8-10-20(31)11-9-17)30(22)16-18-4-2-5-19(14-18)25(27)28/h2-11,14-15,31H,12-13,16H2,1H3,(H3,27,28)(H,29,32). The third-order valence-electron chi connectivity index (χ3n) is 5.57. The first-order chi connectivity index (χ1) is 16.0. The van der Waals surface area contributed by atoms with E-state index in [4.69, 9.17) is 15.9 Å². The highest BCUT2D eigenvalue weighted by Crippen LogP contribution is 2.29. The summed E-state index contributed by atoms with van der Waals surface area (Å²) < 4.78 is 7.47. The number of phenols is 1. The molecule has 1 aromatic heterocycles. The van der Waals surface area contributed by atoms with Crippen molar-refractivity contribution in [1.82, 2.24) is 9.88 Å². The zero-order valence-corrected chi connectivity index (χ0v) is 18.3. The molecule has 168 valence electrons. The number of aromatic nitrogens is 1. The van der Waals surface area contributed by atoms with Crippen molar-refractivity contribution in [3.63, 3.8) is 0 Å². The van der Waals surface area contributed by atoms with Crippen molar-refractivity contribution >= 4 is 22.6 Å². The van der Waals surface area contributed by atoms with E-state index >= 15 is 0 Å². The van der Waals surface area contributed by atoms with Gasteiger partial charge in [-0.2, -0.15) is 0 Å². The number of amidine groups is 1. The second-order valence-electron chi connectivity index (χ2n) is 7.80. The predicted molar refractivity (Wildman–Crippen MR) is 129 cm³/mol. The van der Waals surface area contributed by atoms with Gasteiger partial charge in [0.15, 0.2) is 0 Å². The normalized spacial score (nSPS) is 10.8. The van der Waals surface area contributed by atoms with E-state index in [-0.39, 0.29) is 17.5 Å². The van der Waals surface area contributed by atoms with Crippen molar-refractivity contribution in [3.8, 4) is 11.5 Å². The van der Waals surface area contributed by atoms with Crippen LogP contribution in [0.3, 0.4) is 0 Å². The van der Waals surface area contributed by atoms with Crippen LogP contribution in [0.2, 0.25) is 0 Å². The molecule has 33 heavy (non-hydrogen) atoms. The lowest BCUT2D eigenvalue weighted by molar-refractivity contribution is 0.0945. The Morgan fingerprint density at radius 3 is 2.55 bits per heavy atom. The number of methoxy groups -OCH3 is 1. The number of benzene rings is 3. The van der Waals surface area contributed by atoms with Crippen molar-refractivity contribution in [2.45, 2.75) is 13.0 Å². The summed E-state index contributed by atoms with van der Waals surface area (Å²) in [5.41, 5.74) is 9.65. The van der Waals surface area contributed by atoms with E-state index in [1.165, 1.54) is 0 Å². The molecule has 1 heterocycles. The molecule has 0 atom stereocenters. The summed E-state index contributed by atoms with van der Waals surface area (Å²) in [5.74, 6) is 0.731. The van der Waals surface area contributed by atoms with Crippen LogP contribution in [-0.4, -0.2) is 35.1 Å². The van der Waals surface area contributed by atoms with Gasteiger partial charge in [0.2, 0.25) is 0 Å². The first kappa shape index (κ1) is 22.0. The number of hydrogen-bond donors (Lipinski definition) is 4. The Balaban J connectivity index is 1.63. The lowest BCUT2D eigenvalue weighted by Gasteiger charge is -2.13. The molecule has 7 nitrogen and oxygen atoms in total. The molecule has 0 aliphatic heterocycles. The number of fused-ring (bicyclic) bond motifs is 1. The van der Waals surface area contributed by atoms with Crippen LogP contribution in [0.25, 0.3) is 10.9 Å². The molecular weight excluding hydrogens is 416 g/mol. The number of hydrogen-bond acceptors (Lipinski definition) is 4. The van der Waals surface area contributed by atoms with Crippen LogP contribution in [0.4, 0.5) is 0 Å². The molecule has 0 aliphatic carbocycles. The number of nitrogens with one attached hydrogen (secondary N) is 2. The first-order valence-corrected chi connectivity index (χ1v) is 10.6. The van der Waals surface area contributed by atoms with Gasteiger partial charge in [-0.05, 0) is 53.9 Å². The quantitative estimate of drug-likeness (QED) is 0.246. The van der Waals surface area contributed by atoms with E-state index in [2.05, 4.69) is 5.32 Å². The number of nitrogen functional groups attached to an aromatic ring is 1. The van der Waals surface area contributed by atoms with Crippen LogP contribution in [-0.2, 0) is 13.0 Å². The second-order valence-corrected chi connectivity index (χ2v) is 7.80. The van der Waals surface area contributed by atoms with Crippen LogP contribution >= 0.6 is 0 Å². The number of carbonyl (C=O) groups is 1. The molecule has 0 unspecified atom stereocenters. The Hall–Kier alpha value is -4.26. The molecule has 1 amide bonds. The van der Waals surface area contributed by atoms with Gasteiger partial charge in [0.1, 0.15) is 23.0 Å². The molecule has 5 N–H and O–H groups in total. The van der Waals surface area contributed by atoms with Crippen LogP contribution in [0.5, 0.6) is 11.5 Å². The van der Waals surface area contributed by atoms with Crippen LogP contribution in [0.1, 0.15) is 27.2 Å². The van der Waals surface area contributed by atoms with Crippen molar-refractivity contribution in [2.75, 3.05) is 13.7 Å². The number of ether oxygens (including phenoxy) is 1. The minimum Gasteiger partial charge on any atom is -0.508 e. The minimum atomic E-state index is -0.185. The Bertz CT molecular complexity index is 1310. The first-order valence-electron chi connectivity index (χ1n) is 10.6. The van der Waals surface area contributed by atoms with E-state index in [1.807, 2.05) is 59.2 Å². The molecule has 7 heteroatoms. The molecule has 3 aromatic carbocycles. The Labute approximate surface area is 191 Å². The Kier molecular flexibility index (Phi) is 6.31. The maximum atomic E-state index is 13.2. The molecule has 0 fully saturated rings. The summed E-state index contributed by atoms with van der Waals surface area (Å²) in [5, 5.41) is 21.0. The molecule has 0 bridgehead atoms. The minimum absolute atomic E-state index is 0.00285. The molecule has 0 saturated heterocycles. The fourth-order valence-corrected chi connectivity index (χ4v) is 3.89. The predicted octanol–water partition coefficient (Wildman–Crippen LogP) is 3.66.